The predicted octanol–water partition coefficient (Wildman–Crippen LogP) is 4.04. The van der Waals surface area contributed by atoms with Crippen molar-refractivity contribution in [2.75, 3.05) is 19.0 Å². The topological polar surface area (TPSA) is 58.6 Å². The van der Waals surface area contributed by atoms with Crippen LogP contribution in [0.2, 0.25) is 5.02 Å². The van der Waals surface area contributed by atoms with Crippen LogP contribution in [0.3, 0.4) is 0 Å². The zero-order valence-electron chi connectivity index (χ0n) is 14.6. The fraction of sp³-hybridized carbons (Fsp3) is 0.300. The number of ether oxygens (including phenoxy) is 1. The van der Waals surface area contributed by atoms with Gasteiger partial charge in [0.05, 0.1) is 7.11 Å². The molecule has 0 aliphatic carbocycles. The Morgan fingerprint density at radius 3 is 2.81 bits per heavy atom. The molecule has 0 spiro atoms. The predicted molar refractivity (Wildman–Crippen MR) is 101 cm³/mol. The van der Waals surface area contributed by atoms with Crippen LogP contribution in [-0.4, -0.2) is 30.6 Å². The Bertz CT molecular complexity index is 822. The molecule has 1 aliphatic rings. The summed E-state index contributed by atoms with van der Waals surface area (Å²) in [4.78, 5) is 25.6. The van der Waals surface area contributed by atoms with E-state index in [1.165, 1.54) is 12.7 Å². The first-order chi connectivity index (χ1) is 12.5. The van der Waals surface area contributed by atoms with Gasteiger partial charge in [0.1, 0.15) is 0 Å². The SMILES string of the molecule is COC(=O)N1CCc2ccc(NC(=O)CCc3cccc(Cl)c3)cc2C1. The third kappa shape index (κ3) is 4.55. The van der Waals surface area contributed by atoms with E-state index in [-0.39, 0.29) is 12.0 Å². The maximum Gasteiger partial charge on any atom is 0.409 e. The minimum absolute atomic E-state index is 0.0504. The molecule has 2 aromatic carbocycles. The molecule has 2 aromatic rings. The average molecular weight is 373 g/mol. The Morgan fingerprint density at radius 1 is 1.19 bits per heavy atom. The second-order valence-corrected chi connectivity index (χ2v) is 6.74. The molecule has 1 N–H and O–H groups in total. The summed E-state index contributed by atoms with van der Waals surface area (Å²) < 4.78 is 4.79. The van der Waals surface area contributed by atoms with Crippen LogP contribution < -0.4 is 5.32 Å². The van der Waals surface area contributed by atoms with Crippen LogP contribution in [0.4, 0.5) is 10.5 Å². The number of rotatable bonds is 4. The maximum atomic E-state index is 12.2. The highest BCUT2D eigenvalue weighted by Crippen LogP contribution is 2.23. The van der Waals surface area contributed by atoms with Gasteiger partial charge in [-0.25, -0.2) is 4.79 Å². The summed E-state index contributed by atoms with van der Waals surface area (Å²) in [7, 11) is 1.38. The molecule has 26 heavy (non-hydrogen) atoms. The maximum absolute atomic E-state index is 12.2. The number of benzene rings is 2. The highest BCUT2D eigenvalue weighted by atomic mass is 35.5. The van der Waals surface area contributed by atoms with E-state index in [0.29, 0.717) is 31.0 Å². The second kappa shape index (κ2) is 8.23. The van der Waals surface area contributed by atoms with Gasteiger partial charge in [-0.15, -0.1) is 0 Å². The lowest BCUT2D eigenvalue weighted by Gasteiger charge is -2.28. The number of anilines is 1. The van der Waals surface area contributed by atoms with Gasteiger partial charge in [-0.2, -0.15) is 0 Å². The van der Waals surface area contributed by atoms with Crippen molar-refractivity contribution in [2.24, 2.45) is 0 Å². The zero-order valence-corrected chi connectivity index (χ0v) is 15.4. The molecule has 0 fully saturated rings. The number of nitrogens with one attached hydrogen (secondary N) is 1. The molecule has 0 radical (unpaired) electrons. The van der Waals surface area contributed by atoms with Gasteiger partial charge in [-0.3, -0.25) is 4.79 Å². The summed E-state index contributed by atoms with van der Waals surface area (Å²) in [6.45, 7) is 1.14. The number of fused-ring (bicyclic) bond motifs is 1. The van der Waals surface area contributed by atoms with E-state index < -0.39 is 0 Å². The molecular weight excluding hydrogens is 352 g/mol. The second-order valence-electron chi connectivity index (χ2n) is 6.30. The molecule has 0 saturated carbocycles. The van der Waals surface area contributed by atoms with E-state index in [1.807, 2.05) is 42.5 Å². The van der Waals surface area contributed by atoms with Gasteiger partial charge < -0.3 is 15.0 Å². The molecule has 0 bridgehead atoms. The Kier molecular flexibility index (Phi) is 5.78. The Balaban J connectivity index is 1.60. The lowest BCUT2D eigenvalue weighted by Crippen LogP contribution is -2.35. The van der Waals surface area contributed by atoms with Crippen LogP contribution in [0.25, 0.3) is 0 Å². The molecule has 0 saturated heterocycles. The van der Waals surface area contributed by atoms with Gasteiger partial charge in [0.15, 0.2) is 0 Å². The van der Waals surface area contributed by atoms with Crippen LogP contribution in [0, 0.1) is 0 Å². The molecule has 1 heterocycles. The van der Waals surface area contributed by atoms with Crippen molar-refractivity contribution < 1.29 is 14.3 Å². The first-order valence-electron chi connectivity index (χ1n) is 8.54. The monoisotopic (exact) mass is 372 g/mol. The average Bonchev–Trinajstić information content (AvgIpc) is 2.65. The molecule has 136 valence electrons. The summed E-state index contributed by atoms with van der Waals surface area (Å²) in [6.07, 6.45) is 1.47. The van der Waals surface area contributed by atoms with Crippen molar-refractivity contribution in [3.63, 3.8) is 0 Å². The minimum atomic E-state index is -0.327. The number of nitrogens with zero attached hydrogens (tertiary/aromatic N) is 1. The van der Waals surface area contributed by atoms with E-state index in [2.05, 4.69) is 5.32 Å². The lowest BCUT2D eigenvalue weighted by atomic mass is 9.99. The molecule has 0 atom stereocenters. The summed E-state index contributed by atoms with van der Waals surface area (Å²) in [5, 5.41) is 3.60. The first kappa shape index (κ1) is 18.3. The van der Waals surface area contributed by atoms with Crippen molar-refractivity contribution >= 4 is 29.3 Å². The van der Waals surface area contributed by atoms with Crippen LogP contribution in [0.5, 0.6) is 0 Å². The fourth-order valence-corrected chi connectivity index (χ4v) is 3.31. The Hall–Kier alpha value is -2.53. The van der Waals surface area contributed by atoms with E-state index >= 15 is 0 Å². The Morgan fingerprint density at radius 2 is 2.04 bits per heavy atom. The summed E-state index contributed by atoms with van der Waals surface area (Å²) >= 11 is 5.96. The highest BCUT2D eigenvalue weighted by Gasteiger charge is 2.21. The van der Waals surface area contributed by atoms with Gasteiger partial charge >= 0.3 is 6.09 Å². The number of carbonyl (C=O) groups is 2. The van der Waals surface area contributed by atoms with Crippen LogP contribution in [0.15, 0.2) is 42.5 Å². The lowest BCUT2D eigenvalue weighted by molar-refractivity contribution is -0.116. The summed E-state index contributed by atoms with van der Waals surface area (Å²) in [5.41, 5.74) is 4.01. The molecule has 0 unspecified atom stereocenters. The number of aryl methyl sites for hydroxylation is 1. The van der Waals surface area contributed by atoms with Crippen molar-refractivity contribution in [1.82, 2.24) is 4.90 Å². The third-order valence-corrected chi connectivity index (χ3v) is 4.70. The molecule has 2 amide bonds. The van der Waals surface area contributed by atoms with Crippen LogP contribution >= 0.6 is 11.6 Å². The highest BCUT2D eigenvalue weighted by molar-refractivity contribution is 6.30. The van der Waals surface area contributed by atoms with Gasteiger partial charge in [-0.05, 0) is 53.8 Å². The largest absolute Gasteiger partial charge is 0.453 e. The molecule has 0 aromatic heterocycles. The van der Waals surface area contributed by atoms with E-state index in [0.717, 1.165) is 23.2 Å². The van der Waals surface area contributed by atoms with E-state index in [1.54, 1.807) is 4.90 Å². The fourth-order valence-electron chi connectivity index (χ4n) is 3.09. The number of hydrogen-bond acceptors (Lipinski definition) is 3. The van der Waals surface area contributed by atoms with E-state index in [4.69, 9.17) is 16.3 Å². The quantitative estimate of drug-likeness (QED) is 0.881. The number of hydrogen-bond donors (Lipinski definition) is 1. The third-order valence-electron chi connectivity index (χ3n) is 4.46. The molecule has 1 aliphatic heterocycles. The van der Waals surface area contributed by atoms with Gasteiger partial charge in [0.25, 0.3) is 0 Å². The molecule has 6 heteroatoms. The van der Waals surface area contributed by atoms with Crippen molar-refractivity contribution in [2.45, 2.75) is 25.8 Å². The number of methoxy groups -OCH3 is 1. The van der Waals surface area contributed by atoms with Crippen LogP contribution in [-0.2, 0) is 28.9 Å². The van der Waals surface area contributed by atoms with Crippen molar-refractivity contribution in [1.29, 1.82) is 0 Å². The summed E-state index contributed by atoms with van der Waals surface area (Å²) in [6, 6.07) is 13.4. The van der Waals surface area contributed by atoms with Gasteiger partial charge in [0.2, 0.25) is 5.91 Å². The molecule has 5 nitrogen and oxygen atoms in total. The zero-order chi connectivity index (χ0) is 18.5. The van der Waals surface area contributed by atoms with Crippen molar-refractivity contribution in [3.8, 4) is 0 Å². The smallest absolute Gasteiger partial charge is 0.409 e. The Labute approximate surface area is 157 Å². The minimum Gasteiger partial charge on any atom is -0.453 e. The van der Waals surface area contributed by atoms with Gasteiger partial charge in [0, 0.05) is 30.2 Å². The standard InChI is InChI=1S/C20H21ClN2O3/c1-26-20(25)23-10-9-15-6-7-18(12-16(15)13-23)22-19(24)8-5-14-3-2-4-17(21)11-14/h2-4,6-7,11-12H,5,8-10,13H2,1H3,(H,22,24). The number of carbonyl (C=O) groups excluding carboxylic acids is 2. The van der Waals surface area contributed by atoms with Crippen LogP contribution in [0.1, 0.15) is 23.1 Å². The van der Waals surface area contributed by atoms with Crippen molar-refractivity contribution in [3.05, 3.63) is 64.2 Å². The van der Waals surface area contributed by atoms with E-state index in [9.17, 15) is 9.59 Å². The summed E-state index contributed by atoms with van der Waals surface area (Å²) in [5.74, 6) is -0.0504. The first-order valence-corrected chi connectivity index (χ1v) is 8.92. The normalized spacial score (nSPS) is 13.1. The molecular formula is C20H21ClN2O3. The van der Waals surface area contributed by atoms with Gasteiger partial charge in [-0.1, -0.05) is 29.8 Å². The molecule has 3 rings (SSSR count). The number of halogens is 1. The number of amides is 2.